The molecule has 0 unspecified atom stereocenters. The third-order valence-corrected chi connectivity index (χ3v) is 3.54. The smallest absolute Gasteiger partial charge is 0.165 e. The molecule has 7 nitrogen and oxygen atoms in total. The summed E-state index contributed by atoms with van der Waals surface area (Å²) in [5.41, 5.74) is 1.32. The van der Waals surface area contributed by atoms with Crippen molar-refractivity contribution in [1.82, 2.24) is 19.5 Å². The molecule has 8 heteroatoms. The summed E-state index contributed by atoms with van der Waals surface area (Å²) in [5.74, 6) is 0.419. The SMILES string of the molecule is CC(C)n1cnc2c(N(C)CS(C)(=O)=O)ncnc21. The second-order valence-electron chi connectivity index (χ2n) is 4.87. The van der Waals surface area contributed by atoms with Crippen LogP contribution < -0.4 is 4.90 Å². The lowest BCUT2D eigenvalue weighted by molar-refractivity contribution is 0.600. The van der Waals surface area contributed by atoms with Gasteiger partial charge < -0.3 is 9.47 Å². The van der Waals surface area contributed by atoms with Crippen molar-refractivity contribution in [3.8, 4) is 0 Å². The molecule has 2 heterocycles. The van der Waals surface area contributed by atoms with Gasteiger partial charge in [0.15, 0.2) is 26.8 Å². The predicted molar refractivity (Wildman–Crippen MR) is 73.8 cm³/mol. The molecule has 104 valence electrons. The maximum absolute atomic E-state index is 11.4. The summed E-state index contributed by atoms with van der Waals surface area (Å²) < 4.78 is 24.6. The Balaban J connectivity index is 2.50. The van der Waals surface area contributed by atoms with Gasteiger partial charge in [-0.25, -0.2) is 23.4 Å². The predicted octanol–water partition coefficient (Wildman–Crippen LogP) is 0.845. The van der Waals surface area contributed by atoms with Gasteiger partial charge in [0.05, 0.1) is 6.33 Å². The molecular formula is C11H17N5O2S. The Bertz CT molecular complexity index is 692. The molecule has 0 bridgehead atoms. The summed E-state index contributed by atoms with van der Waals surface area (Å²) in [6.07, 6.45) is 4.31. The lowest BCUT2D eigenvalue weighted by Crippen LogP contribution is -2.26. The number of hydrogen-bond donors (Lipinski definition) is 0. The van der Waals surface area contributed by atoms with Crippen molar-refractivity contribution in [2.75, 3.05) is 24.1 Å². The van der Waals surface area contributed by atoms with E-state index in [4.69, 9.17) is 0 Å². The number of anilines is 1. The van der Waals surface area contributed by atoms with Gasteiger partial charge in [0, 0.05) is 19.3 Å². The topological polar surface area (TPSA) is 81.0 Å². The van der Waals surface area contributed by atoms with E-state index >= 15 is 0 Å². The molecule has 0 amide bonds. The van der Waals surface area contributed by atoms with Gasteiger partial charge in [-0.1, -0.05) is 0 Å². The molecule has 0 atom stereocenters. The minimum absolute atomic E-state index is 0.104. The zero-order valence-electron chi connectivity index (χ0n) is 11.4. The zero-order chi connectivity index (χ0) is 14.2. The number of imidazole rings is 1. The van der Waals surface area contributed by atoms with Gasteiger partial charge in [0.1, 0.15) is 12.2 Å². The first kappa shape index (κ1) is 13.7. The highest BCUT2D eigenvalue weighted by molar-refractivity contribution is 7.90. The van der Waals surface area contributed by atoms with Crippen molar-refractivity contribution >= 4 is 26.8 Å². The van der Waals surface area contributed by atoms with Crippen LogP contribution in [0.5, 0.6) is 0 Å². The molecule has 0 aliphatic rings. The van der Waals surface area contributed by atoms with Gasteiger partial charge >= 0.3 is 0 Å². The fraction of sp³-hybridized carbons (Fsp3) is 0.545. The van der Waals surface area contributed by atoms with Crippen molar-refractivity contribution in [1.29, 1.82) is 0 Å². The Labute approximate surface area is 112 Å². The van der Waals surface area contributed by atoms with E-state index in [2.05, 4.69) is 15.0 Å². The maximum Gasteiger partial charge on any atom is 0.165 e. The number of hydrogen-bond acceptors (Lipinski definition) is 6. The highest BCUT2D eigenvalue weighted by atomic mass is 32.2. The lowest BCUT2D eigenvalue weighted by Gasteiger charge is -2.16. The van der Waals surface area contributed by atoms with Crippen LogP contribution in [-0.4, -0.2) is 47.1 Å². The number of aromatic nitrogens is 4. The molecule has 0 N–H and O–H groups in total. The lowest BCUT2D eigenvalue weighted by atomic mass is 10.4. The van der Waals surface area contributed by atoms with Crippen LogP contribution in [0.4, 0.5) is 5.82 Å². The average Bonchev–Trinajstić information content (AvgIpc) is 2.69. The standard InChI is InChI=1S/C11H17N5O2S/c1-8(2)16-6-14-9-10(12-5-13-11(9)16)15(3)7-19(4,17)18/h5-6,8H,7H2,1-4H3. The van der Waals surface area contributed by atoms with E-state index in [0.717, 1.165) is 0 Å². The average molecular weight is 283 g/mol. The Morgan fingerprint density at radius 2 is 2.00 bits per heavy atom. The Morgan fingerprint density at radius 1 is 1.32 bits per heavy atom. The molecular weight excluding hydrogens is 266 g/mol. The molecule has 0 saturated carbocycles. The molecule has 0 radical (unpaired) electrons. The van der Waals surface area contributed by atoms with E-state index < -0.39 is 9.84 Å². The molecule has 2 aromatic rings. The zero-order valence-corrected chi connectivity index (χ0v) is 12.2. The summed E-state index contributed by atoms with van der Waals surface area (Å²) in [7, 11) is -1.44. The van der Waals surface area contributed by atoms with E-state index in [1.165, 1.54) is 12.6 Å². The fourth-order valence-corrected chi connectivity index (χ4v) is 2.74. The molecule has 2 aromatic heterocycles. The summed E-state index contributed by atoms with van der Waals surface area (Å²) in [5, 5.41) is 0. The minimum atomic E-state index is -3.12. The van der Waals surface area contributed by atoms with Crippen molar-refractivity contribution in [3.05, 3.63) is 12.7 Å². The molecule has 2 rings (SSSR count). The summed E-state index contributed by atoms with van der Waals surface area (Å²) in [4.78, 5) is 14.2. The van der Waals surface area contributed by atoms with E-state index in [-0.39, 0.29) is 11.9 Å². The van der Waals surface area contributed by atoms with Crippen LogP contribution in [0.3, 0.4) is 0 Å². The third kappa shape index (κ3) is 2.83. The summed E-state index contributed by atoms with van der Waals surface area (Å²) in [6, 6.07) is 0.230. The maximum atomic E-state index is 11.4. The van der Waals surface area contributed by atoms with Gasteiger partial charge in [-0.15, -0.1) is 0 Å². The minimum Gasteiger partial charge on any atom is -0.343 e. The molecule has 0 spiro atoms. The van der Waals surface area contributed by atoms with Crippen molar-refractivity contribution in [3.63, 3.8) is 0 Å². The summed E-state index contributed by atoms with van der Waals surface area (Å²) in [6.45, 7) is 4.06. The monoisotopic (exact) mass is 283 g/mol. The number of rotatable bonds is 4. The van der Waals surface area contributed by atoms with Crippen molar-refractivity contribution in [2.24, 2.45) is 0 Å². The van der Waals surface area contributed by atoms with E-state index in [9.17, 15) is 8.42 Å². The normalized spacial score (nSPS) is 12.3. The van der Waals surface area contributed by atoms with Crippen molar-refractivity contribution in [2.45, 2.75) is 19.9 Å². The van der Waals surface area contributed by atoms with E-state index in [0.29, 0.717) is 17.0 Å². The van der Waals surface area contributed by atoms with Gasteiger partial charge in [-0.3, -0.25) is 0 Å². The molecule has 0 saturated heterocycles. The van der Waals surface area contributed by atoms with Crippen molar-refractivity contribution < 1.29 is 8.42 Å². The number of sulfone groups is 1. The molecule has 19 heavy (non-hydrogen) atoms. The molecule has 0 aliphatic carbocycles. The van der Waals surface area contributed by atoms with Crippen LogP contribution in [-0.2, 0) is 9.84 Å². The highest BCUT2D eigenvalue weighted by Crippen LogP contribution is 2.22. The quantitative estimate of drug-likeness (QED) is 0.827. The Morgan fingerprint density at radius 3 is 2.58 bits per heavy atom. The van der Waals surface area contributed by atoms with E-state index in [1.807, 2.05) is 18.4 Å². The number of fused-ring (bicyclic) bond motifs is 1. The van der Waals surface area contributed by atoms with Crippen LogP contribution in [0.15, 0.2) is 12.7 Å². The largest absolute Gasteiger partial charge is 0.343 e. The first-order valence-electron chi connectivity index (χ1n) is 5.86. The van der Waals surface area contributed by atoms with Crippen LogP contribution in [0.1, 0.15) is 19.9 Å². The van der Waals surface area contributed by atoms with Crippen LogP contribution in [0.25, 0.3) is 11.2 Å². The molecule has 0 aromatic carbocycles. The first-order chi connectivity index (χ1) is 8.79. The van der Waals surface area contributed by atoms with Crippen LogP contribution >= 0.6 is 0 Å². The molecule has 0 fully saturated rings. The first-order valence-corrected chi connectivity index (χ1v) is 7.92. The second kappa shape index (κ2) is 4.76. The van der Waals surface area contributed by atoms with E-state index in [1.54, 1.807) is 18.3 Å². The van der Waals surface area contributed by atoms with Crippen LogP contribution in [0.2, 0.25) is 0 Å². The Hall–Kier alpha value is -1.70. The van der Waals surface area contributed by atoms with Gasteiger partial charge in [-0.2, -0.15) is 0 Å². The third-order valence-electron chi connectivity index (χ3n) is 2.69. The second-order valence-corrected chi connectivity index (χ2v) is 6.98. The van der Waals surface area contributed by atoms with Gasteiger partial charge in [0.25, 0.3) is 0 Å². The summed E-state index contributed by atoms with van der Waals surface area (Å²) >= 11 is 0. The van der Waals surface area contributed by atoms with Gasteiger partial charge in [-0.05, 0) is 13.8 Å². The highest BCUT2D eigenvalue weighted by Gasteiger charge is 2.17. The Kier molecular flexibility index (Phi) is 3.44. The molecule has 0 aliphatic heterocycles. The number of nitrogens with zero attached hydrogens (tertiary/aromatic N) is 5. The fourth-order valence-electron chi connectivity index (χ4n) is 1.91. The van der Waals surface area contributed by atoms with Gasteiger partial charge in [0.2, 0.25) is 0 Å². The van der Waals surface area contributed by atoms with Crippen LogP contribution in [0, 0.1) is 0 Å².